The number of carbonyl (C=O) groups excluding carboxylic acids is 1. The summed E-state index contributed by atoms with van der Waals surface area (Å²) in [6.45, 7) is 4.35. The molecule has 2 atom stereocenters. The number of aromatic nitrogens is 1. The van der Waals surface area contributed by atoms with Crippen molar-refractivity contribution in [3.63, 3.8) is 0 Å². The first kappa shape index (κ1) is 22.6. The number of aryl methyl sites for hydroxylation is 2. The highest BCUT2D eigenvalue weighted by molar-refractivity contribution is 7.89. The average Bonchev–Trinajstić information content (AvgIpc) is 3.43. The Morgan fingerprint density at radius 3 is 2.51 bits per heavy atom. The van der Waals surface area contributed by atoms with Gasteiger partial charge in [-0.2, -0.15) is 4.31 Å². The van der Waals surface area contributed by atoms with Crippen LogP contribution >= 0.6 is 11.3 Å². The highest BCUT2D eigenvalue weighted by atomic mass is 32.2. The maximum absolute atomic E-state index is 13.1. The SMILES string of the molecule is C[C@H]1CN(S(=O)(=O)c2ccc(C(=O)Nc3nc4c(cc5c6c(cccc64)CC5)s3)cc2)C[C@H](C)O1. The van der Waals surface area contributed by atoms with E-state index >= 15 is 0 Å². The topological polar surface area (TPSA) is 88.6 Å². The van der Waals surface area contributed by atoms with Gasteiger partial charge in [0.15, 0.2) is 5.13 Å². The molecule has 0 radical (unpaired) electrons. The van der Waals surface area contributed by atoms with E-state index in [1.165, 1.54) is 44.3 Å². The molecular weight excluding hydrogens is 482 g/mol. The normalized spacial score (nSPS) is 20.5. The smallest absolute Gasteiger partial charge is 0.257 e. The van der Waals surface area contributed by atoms with Crippen LogP contribution in [-0.4, -0.2) is 48.9 Å². The number of amides is 1. The predicted octanol–water partition coefficient (Wildman–Crippen LogP) is 4.60. The minimum Gasteiger partial charge on any atom is -0.373 e. The number of benzene rings is 3. The van der Waals surface area contributed by atoms with Gasteiger partial charge in [-0.3, -0.25) is 10.1 Å². The molecule has 7 nitrogen and oxygen atoms in total. The number of fused-ring (bicyclic) bond motifs is 2. The lowest BCUT2D eigenvalue weighted by Crippen LogP contribution is -2.48. The van der Waals surface area contributed by atoms with Gasteiger partial charge in [0.2, 0.25) is 10.0 Å². The molecule has 1 amide bonds. The number of nitrogens with one attached hydrogen (secondary N) is 1. The Bertz CT molecular complexity index is 1570. The van der Waals surface area contributed by atoms with E-state index in [2.05, 4.69) is 29.6 Å². The van der Waals surface area contributed by atoms with Gasteiger partial charge in [0.25, 0.3) is 5.91 Å². The number of nitrogens with zero attached hydrogens (tertiary/aromatic N) is 2. The molecule has 2 aliphatic rings. The summed E-state index contributed by atoms with van der Waals surface area (Å²) in [5.41, 5.74) is 3.98. The van der Waals surface area contributed by atoms with Crippen molar-refractivity contribution in [2.45, 2.75) is 43.8 Å². The zero-order valence-electron chi connectivity index (χ0n) is 19.4. The molecule has 0 bridgehead atoms. The molecule has 9 heteroatoms. The van der Waals surface area contributed by atoms with Gasteiger partial charge in [0.05, 0.1) is 27.3 Å². The Hall–Kier alpha value is -2.85. The van der Waals surface area contributed by atoms with Gasteiger partial charge in [-0.25, -0.2) is 13.4 Å². The maximum atomic E-state index is 13.1. The lowest BCUT2D eigenvalue weighted by molar-refractivity contribution is -0.0440. The lowest BCUT2D eigenvalue weighted by atomic mass is 10.0. The molecule has 0 saturated carbocycles. The van der Waals surface area contributed by atoms with Gasteiger partial charge in [0, 0.05) is 24.0 Å². The van der Waals surface area contributed by atoms with Crippen LogP contribution < -0.4 is 5.32 Å². The van der Waals surface area contributed by atoms with Crippen LogP contribution in [0.2, 0.25) is 0 Å². The van der Waals surface area contributed by atoms with Crippen molar-refractivity contribution < 1.29 is 17.9 Å². The number of hydrogen-bond acceptors (Lipinski definition) is 6. The van der Waals surface area contributed by atoms with E-state index in [4.69, 9.17) is 9.72 Å². The van der Waals surface area contributed by atoms with E-state index < -0.39 is 10.0 Å². The van der Waals surface area contributed by atoms with E-state index in [1.807, 2.05) is 13.8 Å². The fourth-order valence-electron chi connectivity index (χ4n) is 5.18. The minimum atomic E-state index is -3.66. The largest absolute Gasteiger partial charge is 0.373 e. The fraction of sp³-hybridized carbons (Fsp3) is 0.308. The Morgan fingerprint density at radius 1 is 1.06 bits per heavy atom. The van der Waals surface area contributed by atoms with Crippen LogP contribution in [0.3, 0.4) is 0 Å². The van der Waals surface area contributed by atoms with Crippen molar-refractivity contribution in [1.82, 2.24) is 9.29 Å². The van der Waals surface area contributed by atoms with E-state index in [0.29, 0.717) is 23.8 Å². The van der Waals surface area contributed by atoms with Crippen LogP contribution in [0.1, 0.15) is 35.3 Å². The molecule has 1 N–H and O–H groups in total. The molecule has 1 fully saturated rings. The van der Waals surface area contributed by atoms with Crippen LogP contribution in [0.25, 0.3) is 21.0 Å². The third-order valence-corrected chi connectivity index (χ3v) is 9.47. The molecule has 0 unspecified atom stereocenters. The molecule has 0 spiro atoms. The zero-order valence-corrected chi connectivity index (χ0v) is 21.1. The number of sulfonamides is 1. The molecule has 6 rings (SSSR count). The second-order valence-corrected chi connectivity index (χ2v) is 12.3. The molecule has 2 heterocycles. The molecule has 1 aliphatic carbocycles. The summed E-state index contributed by atoms with van der Waals surface area (Å²) < 4.78 is 34.3. The van der Waals surface area contributed by atoms with Crippen LogP contribution in [0.4, 0.5) is 5.13 Å². The minimum absolute atomic E-state index is 0.166. The monoisotopic (exact) mass is 507 g/mol. The molecule has 4 aromatic rings. The van der Waals surface area contributed by atoms with E-state index in [1.54, 1.807) is 12.1 Å². The number of rotatable bonds is 4. The summed E-state index contributed by atoms with van der Waals surface area (Å²) >= 11 is 1.46. The van der Waals surface area contributed by atoms with Gasteiger partial charge >= 0.3 is 0 Å². The van der Waals surface area contributed by atoms with Crippen molar-refractivity contribution >= 4 is 53.4 Å². The Morgan fingerprint density at radius 2 is 1.77 bits per heavy atom. The molecule has 35 heavy (non-hydrogen) atoms. The van der Waals surface area contributed by atoms with Crippen LogP contribution in [0.15, 0.2) is 53.4 Å². The van der Waals surface area contributed by atoms with Crippen molar-refractivity contribution in [2.75, 3.05) is 18.4 Å². The third kappa shape index (κ3) is 3.92. The fourth-order valence-corrected chi connectivity index (χ4v) is 7.71. The summed E-state index contributed by atoms with van der Waals surface area (Å²) in [5, 5.41) is 5.85. The van der Waals surface area contributed by atoms with Crippen LogP contribution in [0, 0.1) is 0 Å². The third-order valence-electron chi connectivity index (χ3n) is 6.71. The molecular formula is C26H25N3O4S2. The number of thiazole rings is 1. The molecule has 1 saturated heterocycles. The number of ether oxygens (including phenoxy) is 1. The summed E-state index contributed by atoms with van der Waals surface area (Å²) in [6, 6.07) is 14.6. The van der Waals surface area contributed by atoms with E-state index in [-0.39, 0.29) is 23.0 Å². The summed E-state index contributed by atoms with van der Waals surface area (Å²) in [5.74, 6) is -0.320. The predicted molar refractivity (Wildman–Crippen MR) is 138 cm³/mol. The molecule has 1 aromatic heterocycles. The summed E-state index contributed by atoms with van der Waals surface area (Å²) in [4.78, 5) is 17.8. The first-order valence-corrected chi connectivity index (χ1v) is 14.0. The second kappa shape index (κ2) is 8.37. The van der Waals surface area contributed by atoms with E-state index in [0.717, 1.165) is 28.4 Å². The first-order valence-electron chi connectivity index (χ1n) is 11.7. The van der Waals surface area contributed by atoms with Crippen LogP contribution in [-0.2, 0) is 27.6 Å². The number of hydrogen-bond donors (Lipinski definition) is 1. The van der Waals surface area contributed by atoms with Crippen LogP contribution in [0.5, 0.6) is 0 Å². The quantitative estimate of drug-likeness (QED) is 0.436. The molecule has 3 aromatic carbocycles. The van der Waals surface area contributed by atoms with Gasteiger partial charge in [-0.1, -0.05) is 29.5 Å². The average molecular weight is 508 g/mol. The Balaban J connectivity index is 1.24. The first-order chi connectivity index (χ1) is 16.8. The zero-order chi connectivity index (χ0) is 24.3. The number of carbonyl (C=O) groups is 1. The van der Waals surface area contributed by atoms with Crippen molar-refractivity contribution in [3.05, 3.63) is 65.2 Å². The molecule has 180 valence electrons. The van der Waals surface area contributed by atoms with Gasteiger partial charge in [0.1, 0.15) is 0 Å². The van der Waals surface area contributed by atoms with Gasteiger partial charge in [-0.05, 0) is 73.5 Å². The van der Waals surface area contributed by atoms with Gasteiger partial charge < -0.3 is 4.74 Å². The van der Waals surface area contributed by atoms with Crippen molar-refractivity contribution in [3.8, 4) is 0 Å². The molecule has 1 aliphatic heterocycles. The number of anilines is 1. The summed E-state index contributed by atoms with van der Waals surface area (Å²) in [7, 11) is -3.66. The number of morpholine rings is 1. The lowest BCUT2D eigenvalue weighted by Gasteiger charge is -2.34. The van der Waals surface area contributed by atoms with E-state index in [9.17, 15) is 13.2 Å². The Labute approximate surface area is 207 Å². The standard InChI is InChI=1S/C26H25N3O4S2/c1-15-13-29(14-16(2)33-15)35(31,32)20-10-8-18(9-11-20)25(30)28-26-27-24-21-5-3-4-17-6-7-19(23(17)21)12-22(24)34-26/h3-5,8-12,15-16H,6-7,13-14H2,1-2H3,(H,27,28,30)/t15-,16-/m0/s1. The maximum Gasteiger partial charge on any atom is 0.257 e. The van der Waals surface area contributed by atoms with Gasteiger partial charge in [-0.15, -0.1) is 0 Å². The van der Waals surface area contributed by atoms with Crippen molar-refractivity contribution in [1.29, 1.82) is 0 Å². The highest BCUT2D eigenvalue weighted by Gasteiger charge is 2.32. The Kier molecular flexibility index (Phi) is 5.41. The summed E-state index contributed by atoms with van der Waals surface area (Å²) in [6.07, 6.45) is 1.76. The highest BCUT2D eigenvalue weighted by Crippen LogP contribution is 2.39. The second-order valence-electron chi connectivity index (χ2n) is 9.30. The van der Waals surface area contributed by atoms with Crippen molar-refractivity contribution in [2.24, 2.45) is 0 Å².